The largest absolute Gasteiger partial charge is 0.399 e. The molecule has 0 bridgehead atoms. The van der Waals surface area contributed by atoms with Crippen molar-refractivity contribution in [2.24, 2.45) is 0 Å². The predicted octanol–water partition coefficient (Wildman–Crippen LogP) is 3.06. The zero-order chi connectivity index (χ0) is 18.7. The number of nitrogens with zero attached hydrogens (tertiary/aromatic N) is 1. The van der Waals surface area contributed by atoms with Gasteiger partial charge in [-0.15, -0.1) is 0 Å². The van der Waals surface area contributed by atoms with Crippen LogP contribution in [0.5, 0.6) is 0 Å². The Morgan fingerprint density at radius 1 is 1.12 bits per heavy atom. The SMILES string of the molecule is CC(=O)N(C(=O)C(=O)Nc1c(C)cc(C)cc1Cl)c1cccc(N)c1. The van der Waals surface area contributed by atoms with Crippen molar-refractivity contribution in [2.45, 2.75) is 20.8 Å². The van der Waals surface area contributed by atoms with Crippen LogP contribution in [0.3, 0.4) is 0 Å². The van der Waals surface area contributed by atoms with Gasteiger partial charge in [-0.1, -0.05) is 23.7 Å². The summed E-state index contributed by atoms with van der Waals surface area (Å²) in [5.41, 5.74) is 8.25. The predicted molar refractivity (Wildman–Crippen MR) is 98.6 cm³/mol. The van der Waals surface area contributed by atoms with Gasteiger partial charge in [-0.05, 0) is 49.2 Å². The zero-order valence-corrected chi connectivity index (χ0v) is 14.8. The fourth-order valence-electron chi connectivity index (χ4n) is 2.45. The fourth-order valence-corrected chi connectivity index (χ4v) is 2.82. The summed E-state index contributed by atoms with van der Waals surface area (Å²) in [4.78, 5) is 37.5. The molecule has 0 aliphatic rings. The number of benzene rings is 2. The molecule has 0 saturated heterocycles. The topological polar surface area (TPSA) is 92.5 Å². The molecule has 2 aromatic rings. The zero-order valence-electron chi connectivity index (χ0n) is 14.1. The number of imide groups is 1. The van der Waals surface area contributed by atoms with Crippen molar-refractivity contribution < 1.29 is 14.4 Å². The van der Waals surface area contributed by atoms with E-state index in [-0.39, 0.29) is 5.69 Å². The summed E-state index contributed by atoms with van der Waals surface area (Å²) in [7, 11) is 0. The fraction of sp³-hybridized carbons (Fsp3) is 0.167. The molecule has 0 fully saturated rings. The van der Waals surface area contributed by atoms with E-state index in [1.165, 1.54) is 19.1 Å². The minimum atomic E-state index is -1.02. The Balaban J connectivity index is 2.31. The first kappa shape index (κ1) is 18.5. The number of nitrogens with one attached hydrogen (secondary N) is 1. The summed E-state index contributed by atoms with van der Waals surface area (Å²) >= 11 is 6.14. The third kappa shape index (κ3) is 4.16. The van der Waals surface area contributed by atoms with Gasteiger partial charge in [0.1, 0.15) is 0 Å². The van der Waals surface area contributed by atoms with Crippen LogP contribution >= 0.6 is 11.6 Å². The molecule has 0 aliphatic heterocycles. The molecular weight excluding hydrogens is 342 g/mol. The maximum atomic E-state index is 12.5. The summed E-state index contributed by atoms with van der Waals surface area (Å²) in [6.45, 7) is 4.82. The Morgan fingerprint density at radius 3 is 2.36 bits per heavy atom. The van der Waals surface area contributed by atoms with Crippen molar-refractivity contribution in [3.8, 4) is 0 Å². The molecular formula is C18H18ClN3O3. The molecule has 0 atom stereocenters. The standard InChI is InChI=1S/C18H18ClN3O3/c1-10-7-11(2)16(15(19)8-10)21-17(24)18(25)22(12(3)23)14-6-4-5-13(20)9-14/h4-9H,20H2,1-3H3,(H,21,24). The number of nitrogen functional groups attached to an aromatic ring is 1. The van der Waals surface area contributed by atoms with Crippen LogP contribution in [-0.2, 0) is 14.4 Å². The lowest BCUT2D eigenvalue weighted by Crippen LogP contribution is -2.42. The molecule has 130 valence electrons. The maximum absolute atomic E-state index is 12.5. The number of carbonyl (C=O) groups is 3. The van der Waals surface area contributed by atoms with Crippen LogP contribution in [0.4, 0.5) is 17.1 Å². The maximum Gasteiger partial charge on any atom is 0.323 e. The summed E-state index contributed by atoms with van der Waals surface area (Å²) in [6, 6.07) is 9.67. The Morgan fingerprint density at radius 2 is 1.80 bits per heavy atom. The van der Waals surface area contributed by atoms with Gasteiger partial charge in [0.05, 0.1) is 16.4 Å². The first-order valence-electron chi connectivity index (χ1n) is 7.49. The lowest BCUT2D eigenvalue weighted by atomic mass is 10.1. The highest BCUT2D eigenvalue weighted by atomic mass is 35.5. The lowest BCUT2D eigenvalue weighted by molar-refractivity contribution is -0.136. The number of halogens is 1. The minimum Gasteiger partial charge on any atom is -0.399 e. The average molecular weight is 360 g/mol. The summed E-state index contributed by atoms with van der Waals surface area (Å²) in [6.07, 6.45) is 0. The molecule has 3 N–H and O–H groups in total. The van der Waals surface area contributed by atoms with Crippen molar-refractivity contribution in [1.82, 2.24) is 0 Å². The Kier molecular flexibility index (Phi) is 5.44. The van der Waals surface area contributed by atoms with Crippen LogP contribution in [0.15, 0.2) is 36.4 Å². The summed E-state index contributed by atoms with van der Waals surface area (Å²) in [5.74, 6) is -2.59. The monoisotopic (exact) mass is 359 g/mol. The highest BCUT2D eigenvalue weighted by molar-refractivity contribution is 6.49. The number of anilines is 3. The van der Waals surface area contributed by atoms with Crippen LogP contribution < -0.4 is 16.0 Å². The second kappa shape index (κ2) is 7.36. The van der Waals surface area contributed by atoms with Gasteiger partial charge < -0.3 is 11.1 Å². The van der Waals surface area contributed by atoms with Gasteiger partial charge in [0.15, 0.2) is 0 Å². The number of hydrogen-bond acceptors (Lipinski definition) is 4. The molecule has 2 rings (SSSR count). The van der Waals surface area contributed by atoms with Crippen LogP contribution in [-0.4, -0.2) is 17.7 Å². The van der Waals surface area contributed by atoms with Crippen molar-refractivity contribution >= 4 is 46.4 Å². The first-order chi connectivity index (χ1) is 11.7. The molecule has 0 spiro atoms. The van der Waals surface area contributed by atoms with E-state index in [1.807, 2.05) is 13.0 Å². The molecule has 7 heteroatoms. The molecule has 0 heterocycles. The summed E-state index contributed by atoms with van der Waals surface area (Å²) < 4.78 is 0. The van der Waals surface area contributed by atoms with Gasteiger partial charge in [-0.25, -0.2) is 4.90 Å². The normalized spacial score (nSPS) is 10.2. The molecule has 0 unspecified atom stereocenters. The smallest absolute Gasteiger partial charge is 0.323 e. The van der Waals surface area contributed by atoms with Crippen LogP contribution in [0.2, 0.25) is 5.02 Å². The molecule has 6 nitrogen and oxygen atoms in total. The van der Waals surface area contributed by atoms with Crippen LogP contribution in [0, 0.1) is 13.8 Å². The van der Waals surface area contributed by atoms with E-state index in [0.717, 1.165) is 10.5 Å². The van der Waals surface area contributed by atoms with Crippen LogP contribution in [0.1, 0.15) is 18.1 Å². The van der Waals surface area contributed by atoms with E-state index in [9.17, 15) is 14.4 Å². The molecule has 0 saturated carbocycles. The van der Waals surface area contributed by atoms with Crippen molar-refractivity contribution in [3.63, 3.8) is 0 Å². The van der Waals surface area contributed by atoms with Crippen molar-refractivity contribution in [2.75, 3.05) is 16.0 Å². The third-order valence-corrected chi connectivity index (χ3v) is 3.81. The number of nitrogens with two attached hydrogens (primary N) is 1. The number of hydrogen-bond donors (Lipinski definition) is 2. The Labute approximate surface area is 150 Å². The average Bonchev–Trinajstić information content (AvgIpc) is 2.50. The molecule has 0 aliphatic carbocycles. The van der Waals surface area contributed by atoms with Gasteiger partial charge >= 0.3 is 11.8 Å². The van der Waals surface area contributed by atoms with Gasteiger partial charge in [-0.3, -0.25) is 14.4 Å². The second-order valence-electron chi connectivity index (χ2n) is 5.65. The van der Waals surface area contributed by atoms with Gasteiger partial charge in [0.2, 0.25) is 5.91 Å². The van der Waals surface area contributed by atoms with Crippen molar-refractivity contribution in [3.05, 3.63) is 52.5 Å². The van der Waals surface area contributed by atoms with Crippen molar-refractivity contribution in [1.29, 1.82) is 0 Å². The molecule has 0 aromatic heterocycles. The third-order valence-electron chi connectivity index (χ3n) is 3.51. The number of amides is 3. The van der Waals surface area contributed by atoms with E-state index in [0.29, 0.717) is 22.0 Å². The lowest BCUT2D eigenvalue weighted by Gasteiger charge is -2.19. The van der Waals surface area contributed by atoms with E-state index >= 15 is 0 Å². The second-order valence-corrected chi connectivity index (χ2v) is 6.05. The highest BCUT2D eigenvalue weighted by Crippen LogP contribution is 2.27. The molecule has 3 amide bonds. The van der Waals surface area contributed by atoms with E-state index < -0.39 is 17.7 Å². The molecule has 2 aromatic carbocycles. The highest BCUT2D eigenvalue weighted by Gasteiger charge is 2.27. The van der Waals surface area contributed by atoms with E-state index in [1.54, 1.807) is 25.1 Å². The number of aryl methyl sites for hydroxylation is 2. The molecule has 25 heavy (non-hydrogen) atoms. The van der Waals surface area contributed by atoms with Gasteiger partial charge in [0, 0.05) is 12.6 Å². The number of rotatable bonds is 2. The van der Waals surface area contributed by atoms with Gasteiger partial charge in [0.25, 0.3) is 0 Å². The van der Waals surface area contributed by atoms with E-state index in [4.69, 9.17) is 17.3 Å². The Hall–Kier alpha value is -2.86. The first-order valence-corrected chi connectivity index (χ1v) is 7.86. The summed E-state index contributed by atoms with van der Waals surface area (Å²) in [5, 5.41) is 2.80. The molecule has 0 radical (unpaired) electrons. The number of carbonyl (C=O) groups excluding carboxylic acids is 3. The van der Waals surface area contributed by atoms with E-state index in [2.05, 4.69) is 5.32 Å². The van der Waals surface area contributed by atoms with Gasteiger partial charge in [-0.2, -0.15) is 0 Å². The van der Waals surface area contributed by atoms with Crippen LogP contribution in [0.25, 0.3) is 0 Å². The Bertz CT molecular complexity index is 841. The quantitative estimate of drug-likeness (QED) is 0.636. The minimum absolute atomic E-state index is 0.222.